The van der Waals surface area contributed by atoms with Crippen LogP contribution >= 0.6 is 11.3 Å². The van der Waals surface area contributed by atoms with Gasteiger partial charge in [0.05, 0.1) is 11.9 Å². The van der Waals surface area contributed by atoms with E-state index >= 15 is 0 Å². The Morgan fingerprint density at radius 1 is 1.19 bits per heavy atom. The number of rotatable bonds is 4. The van der Waals surface area contributed by atoms with Crippen LogP contribution in [0, 0.1) is 0 Å². The molecule has 1 atom stereocenters. The quantitative estimate of drug-likeness (QED) is 0.767. The molecule has 1 fully saturated rings. The average Bonchev–Trinajstić information content (AvgIpc) is 3.32. The van der Waals surface area contributed by atoms with E-state index in [0.29, 0.717) is 6.04 Å². The third-order valence-electron chi connectivity index (χ3n) is 5.79. The Kier molecular flexibility index (Phi) is 4.14. The maximum atomic E-state index is 12.7. The first-order valence-electron chi connectivity index (χ1n) is 9.59. The Morgan fingerprint density at radius 3 is 2.96 bits per heavy atom. The number of nitrogens with zero attached hydrogens (tertiary/aromatic N) is 2. The van der Waals surface area contributed by atoms with Crippen LogP contribution in [0.1, 0.15) is 41.1 Å². The van der Waals surface area contributed by atoms with Gasteiger partial charge in [0.15, 0.2) is 0 Å². The van der Waals surface area contributed by atoms with Gasteiger partial charge in [-0.15, -0.1) is 11.3 Å². The number of thiophene rings is 1. The van der Waals surface area contributed by atoms with Crippen molar-refractivity contribution >= 4 is 21.6 Å². The molecule has 2 aromatic heterocycles. The summed E-state index contributed by atoms with van der Waals surface area (Å²) in [7, 11) is 0. The highest BCUT2D eigenvalue weighted by molar-refractivity contribution is 7.18. The van der Waals surface area contributed by atoms with E-state index < -0.39 is 0 Å². The van der Waals surface area contributed by atoms with Crippen molar-refractivity contribution in [2.24, 2.45) is 0 Å². The van der Waals surface area contributed by atoms with Gasteiger partial charge < -0.3 is 4.98 Å². The van der Waals surface area contributed by atoms with Crippen molar-refractivity contribution in [2.45, 2.75) is 51.1 Å². The predicted molar refractivity (Wildman–Crippen MR) is 106 cm³/mol. The monoisotopic (exact) mass is 365 g/mol. The van der Waals surface area contributed by atoms with Crippen LogP contribution in [0.3, 0.4) is 0 Å². The Labute approximate surface area is 156 Å². The number of H-pyrrole nitrogens is 1. The van der Waals surface area contributed by atoms with E-state index in [4.69, 9.17) is 4.98 Å². The molecule has 0 bridgehead atoms. The smallest absolute Gasteiger partial charge is 0.259 e. The molecule has 134 valence electrons. The maximum Gasteiger partial charge on any atom is 0.259 e. The Balaban J connectivity index is 1.39. The number of nitrogens with one attached hydrogen (secondary N) is 1. The minimum absolute atomic E-state index is 0.0585. The fourth-order valence-corrected chi connectivity index (χ4v) is 5.82. The number of fused-ring (bicyclic) bond motifs is 3. The van der Waals surface area contributed by atoms with Crippen LogP contribution in [0.5, 0.6) is 0 Å². The molecule has 1 saturated heterocycles. The lowest BCUT2D eigenvalue weighted by molar-refractivity contribution is 0.238. The molecule has 1 aliphatic heterocycles. The van der Waals surface area contributed by atoms with Crippen molar-refractivity contribution in [1.82, 2.24) is 14.9 Å². The standard InChI is InChI=1S/C21H23N3OS/c25-20-19-16-9-4-10-17(16)26-21(19)23-18(22-20)13-24-11-5-8-15(24)12-14-6-2-1-3-7-14/h1-3,6-7,15H,4-5,8-13H2,(H,22,23,25)/t15-/m1/s1. The highest BCUT2D eigenvalue weighted by atomic mass is 32.1. The highest BCUT2D eigenvalue weighted by Crippen LogP contribution is 2.34. The zero-order valence-corrected chi connectivity index (χ0v) is 15.6. The average molecular weight is 366 g/mol. The van der Waals surface area contributed by atoms with E-state index in [9.17, 15) is 4.79 Å². The van der Waals surface area contributed by atoms with Gasteiger partial charge in [-0.2, -0.15) is 0 Å². The van der Waals surface area contributed by atoms with Crippen LogP contribution in [0.2, 0.25) is 0 Å². The van der Waals surface area contributed by atoms with Gasteiger partial charge in [-0.3, -0.25) is 9.69 Å². The summed E-state index contributed by atoms with van der Waals surface area (Å²) < 4.78 is 0. The minimum Gasteiger partial charge on any atom is -0.309 e. The molecular weight excluding hydrogens is 342 g/mol. The van der Waals surface area contributed by atoms with Crippen LogP contribution in [0.4, 0.5) is 0 Å². The molecular formula is C21H23N3OS. The lowest BCUT2D eigenvalue weighted by atomic mass is 10.0. The summed E-state index contributed by atoms with van der Waals surface area (Å²) in [6.45, 7) is 1.82. The number of hydrogen-bond donors (Lipinski definition) is 1. The summed E-state index contributed by atoms with van der Waals surface area (Å²) in [6.07, 6.45) is 6.82. The van der Waals surface area contributed by atoms with Crippen molar-refractivity contribution in [3.63, 3.8) is 0 Å². The van der Waals surface area contributed by atoms with Crippen molar-refractivity contribution in [2.75, 3.05) is 6.54 Å². The second-order valence-corrected chi connectivity index (χ2v) is 8.59. The van der Waals surface area contributed by atoms with Crippen LogP contribution in [-0.4, -0.2) is 27.5 Å². The minimum atomic E-state index is 0.0585. The third-order valence-corrected chi connectivity index (χ3v) is 6.98. The van der Waals surface area contributed by atoms with Crippen LogP contribution < -0.4 is 5.56 Å². The molecule has 0 spiro atoms. The number of hydrogen-bond acceptors (Lipinski definition) is 4. The van der Waals surface area contributed by atoms with Gasteiger partial charge in [0.2, 0.25) is 0 Å². The normalized spacial score (nSPS) is 20.1. The molecule has 0 saturated carbocycles. The molecule has 1 aliphatic carbocycles. The van der Waals surface area contributed by atoms with Gasteiger partial charge in [0, 0.05) is 10.9 Å². The van der Waals surface area contributed by atoms with Gasteiger partial charge in [-0.05, 0) is 56.2 Å². The summed E-state index contributed by atoms with van der Waals surface area (Å²) in [5, 5.41) is 0.855. The van der Waals surface area contributed by atoms with Gasteiger partial charge >= 0.3 is 0 Å². The summed E-state index contributed by atoms with van der Waals surface area (Å²) in [4.78, 5) is 25.4. The molecule has 4 nitrogen and oxygen atoms in total. The topological polar surface area (TPSA) is 49.0 Å². The number of aromatic amines is 1. The Bertz CT molecular complexity index is 992. The summed E-state index contributed by atoms with van der Waals surface area (Å²) in [5.41, 5.74) is 2.70. The summed E-state index contributed by atoms with van der Waals surface area (Å²) in [6, 6.07) is 11.2. The van der Waals surface area contributed by atoms with E-state index in [-0.39, 0.29) is 5.56 Å². The predicted octanol–water partition coefficient (Wildman–Crippen LogP) is 3.68. The van der Waals surface area contributed by atoms with E-state index in [1.165, 1.54) is 35.3 Å². The molecule has 2 aliphatic rings. The molecule has 0 radical (unpaired) electrons. The van der Waals surface area contributed by atoms with Crippen molar-refractivity contribution in [3.8, 4) is 0 Å². The van der Waals surface area contributed by atoms with Gasteiger partial charge in [0.25, 0.3) is 5.56 Å². The Morgan fingerprint density at radius 2 is 2.08 bits per heavy atom. The number of aromatic nitrogens is 2. The van der Waals surface area contributed by atoms with Crippen molar-refractivity contribution in [1.29, 1.82) is 0 Å². The lowest BCUT2D eigenvalue weighted by Gasteiger charge is -2.24. The molecule has 5 rings (SSSR count). The Hall–Kier alpha value is -1.98. The van der Waals surface area contributed by atoms with Crippen molar-refractivity contribution < 1.29 is 0 Å². The fourth-order valence-electron chi connectivity index (χ4n) is 4.53. The largest absolute Gasteiger partial charge is 0.309 e. The number of likely N-dealkylation sites (tertiary alicyclic amines) is 1. The van der Waals surface area contributed by atoms with Gasteiger partial charge in [0.1, 0.15) is 10.7 Å². The molecule has 5 heteroatoms. The molecule has 26 heavy (non-hydrogen) atoms. The van der Waals surface area contributed by atoms with E-state index in [0.717, 1.165) is 48.4 Å². The number of benzene rings is 1. The first-order chi connectivity index (χ1) is 12.8. The van der Waals surface area contributed by atoms with Gasteiger partial charge in [-0.1, -0.05) is 30.3 Å². The van der Waals surface area contributed by atoms with Crippen molar-refractivity contribution in [3.05, 3.63) is 62.5 Å². The molecule has 1 aromatic carbocycles. The zero-order chi connectivity index (χ0) is 17.5. The van der Waals surface area contributed by atoms with Gasteiger partial charge in [-0.25, -0.2) is 4.98 Å². The molecule has 3 heterocycles. The van der Waals surface area contributed by atoms with E-state index in [2.05, 4.69) is 40.2 Å². The maximum absolute atomic E-state index is 12.7. The molecule has 3 aromatic rings. The first-order valence-corrected chi connectivity index (χ1v) is 10.4. The fraction of sp³-hybridized carbons (Fsp3) is 0.429. The van der Waals surface area contributed by atoms with E-state index in [1.54, 1.807) is 11.3 Å². The third kappa shape index (κ3) is 2.89. The summed E-state index contributed by atoms with van der Waals surface area (Å²) >= 11 is 1.73. The second kappa shape index (κ2) is 6.63. The van der Waals surface area contributed by atoms with Crippen LogP contribution in [0.15, 0.2) is 35.1 Å². The highest BCUT2D eigenvalue weighted by Gasteiger charge is 2.26. The molecule has 0 unspecified atom stereocenters. The van der Waals surface area contributed by atoms with E-state index in [1.807, 2.05) is 0 Å². The number of aryl methyl sites for hydroxylation is 2. The molecule has 0 amide bonds. The second-order valence-electron chi connectivity index (χ2n) is 7.51. The SMILES string of the molecule is O=c1[nH]c(CN2CCC[C@@H]2Cc2ccccc2)nc2sc3c(c12)CCC3. The first kappa shape index (κ1) is 16.2. The zero-order valence-electron chi connectivity index (χ0n) is 14.8. The molecule has 1 N–H and O–H groups in total. The van der Waals surface area contributed by atoms with Crippen LogP contribution in [-0.2, 0) is 25.8 Å². The van der Waals surface area contributed by atoms with Crippen LogP contribution in [0.25, 0.3) is 10.2 Å². The lowest BCUT2D eigenvalue weighted by Crippen LogP contribution is -2.32. The summed E-state index contributed by atoms with van der Waals surface area (Å²) in [5.74, 6) is 0.822.